The minimum absolute atomic E-state index is 0.395. The van der Waals surface area contributed by atoms with Crippen molar-refractivity contribution in [3.63, 3.8) is 0 Å². The van der Waals surface area contributed by atoms with E-state index in [2.05, 4.69) is 61.2 Å². The van der Waals surface area contributed by atoms with E-state index in [9.17, 15) is 4.79 Å². The highest BCUT2D eigenvalue weighted by Crippen LogP contribution is 2.36. The molecule has 1 aliphatic heterocycles. The molecule has 3 aromatic rings. The zero-order valence-corrected chi connectivity index (χ0v) is 29.9. The second-order valence-corrected chi connectivity index (χ2v) is 11.7. The van der Waals surface area contributed by atoms with Crippen LogP contribution in [-0.4, -0.2) is 59.0 Å². The molecule has 0 spiro atoms. The third-order valence-corrected chi connectivity index (χ3v) is 7.08. The summed E-state index contributed by atoms with van der Waals surface area (Å²) in [7, 11) is 1.56. The van der Waals surface area contributed by atoms with E-state index < -0.39 is 10.7 Å². The summed E-state index contributed by atoms with van der Waals surface area (Å²) in [6.45, 7) is 20.4. The number of pyridine rings is 1. The van der Waals surface area contributed by atoms with Crippen molar-refractivity contribution < 1.29 is 9.32 Å². The number of alkyl halides is 2. The van der Waals surface area contributed by atoms with Gasteiger partial charge in [0.25, 0.3) is 5.91 Å². The van der Waals surface area contributed by atoms with E-state index in [0.717, 1.165) is 31.9 Å². The number of hydrogen-bond donors (Lipinski definition) is 1. The molecule has 3 heterocycles. The molecule has 4 rings (SSSR count). The van der Waals surface area contributed by atoms with Crippen LogP contribution in [0.2, 0.25) is 10.0 Å². The number of nitrogens with zero attached hydrogens (tertiary/aromatic N) is 4. The highest BCUT2D eigenvalue weighted by molar-refractivity contribution is 6.54. The minimum atomic E-state index is -1.16. The Bertz CT molecular complexity index is 1330. The van der Waals surface area contributed by atoms with Crippen molar-refractivity contribution in [3.8, 4) is 22.7 Å². The van der Waals surface area contributed by atoms with Crippen molar-refractivity contribution in [1.82, 2.24) is 20.4 Å². The number of piperazine rings is 1. The maximum absolute atomic E-state index is 11.9. The highest BCUT2D eigenvalue weighted by atomic mass is 35.5. The maximum atomic E-state index is 11.9. The largest absolute Gasteiger partial charge is 0.369 e. The van der Waals surface area contributed by atoms with Gasteiger partial charge in [0.15, 0.2) is 10.6 Å². The second-order valence-electron chi connectivity index (χ2n) is 9.80. The van der Waals surface area contributed by atoms with E-state index in [4.69, 9.17) is 50.9 Å². The van der Waals surface area contributed by atoms with E-state index >= 15 is 0 Å². The Morgan fingerprint density at radius 2 is 1.67 bits per heavy atom. The van der Waals surface area contributed by atoms with E-state index in [1.165, 1.54) is 30.4 Å². The van der Waals surface area contributed by atoms with Gasteiger partial charge in [0.05, 0.1) is 10.0 Å². The van der Waals surface area contributed by atoms with Crippen molar-refractivity contribution in [1.29, 1.82) is 0 Å². The molecule has 7 nitrogen and oxygen atoms in total. The van der Waals surface area contributed by atoms with Crippen molar-refractivity contribution >= 4 is 58.0 Å². The lowest BCUT2D eigenvalue weighted by Gasteiger charge is -2.29. The molecule has 1 fully saturated rings. The van der Waals surface area contributed by atoms with Crippen LogP contribution in [-0.2, 0) is 4.79 Å². The molecular formula is C34H45Cl4N5O2. The van der Waals surface area contributed by atoms with Crippen LogP contribution in [0, 0.1) is 0 Å². The first kappa shape index (κ1) is 40.2. The summed E-state index contributed by atoms with van der Waals surface area (Å²) in [5, 5.41) is 8.23. The number of nitrogens with one attached hydrogen (secondary N) is 1. The molecule has 246 valence electrons. The normalized spacial score (nSPS) is 12.3. The maximum Gasteiger partial charge on any atom is 0.260 e. The third kappa shape index (κ3) is 14.0. The number of rotatable bonds is 8. The summed E-state index contributed by atoms with van der Waals surface area (Å²) in [5.41, 5.74) is 3.16. The molecular weight excluding hydrogens is 652 g/mol. The first-order valence-electron chi connectivity index (χ1n) is 14.9. The zero-order valence-electron chi connectivity index (χ0n) is 26.8. The van der Waals surface area contributed by atoms with Gasteiger partial charge in [-0.3, -0.25) is 9.78 Å². The molecule has 0 unspecified atom stereocenters. The molecule has 0 atom stereocenters. The Labute approximate surface area is 288 Å². The van der Waals surface area contributed by atoms with Crippen LogP contribution >= 0.6 is 46.4 Å². The van der Waals surface area contributed by atoms with E-state index in [-0.39, 0.29) is 0 Å². The summed E-state index contributed by atoms with van der Waals surface area (Å²) >= 11 is 23.7. The molecule has 45 heavy (non-hydrogen) atoms. The standard InChI is InChI=1S/C17H11Cl4N3O2.C10H16N2.C4H10.C3H8/c1-24(17(25)16(20)21)9-5-6-22-12(7-9)14-8-13(23-26-14)15-10(18)3-2-4-11(15)19;1-3-4-5-10(2)12-8-6-11-7-9-12;1-3-4-2;1-3-2/h2-8,16H,1H3;3-5,11H,1-2,6-9H2;3-4H2,1-2H3;3H2,1-2H3/b;5-4-;;. The van der Waals surface area contributed by atoms with E-state index in [1.54, 1.807) is 49.5 Å². The molecule has 1 aromatic carbocycles. The third-order valence-electron chi connectivity index (χ3n) is 6.08. The second kappa shape index (κ2) is 22.7. The number of carbonyl (C=O) groups is 1. The molecule has 1 saturated heterocycles. The molecule has 1 amide bonds. The Morgan fingerprint density at radius 1 is 1.07 bits per heavy atom. The van der Waals surface area contributed by atoms with Crippen LogP contribution in [0.15, 0.2) is 84.2 Å². The van der Waals surface area contributed by atoms with Crippen LogP contribution < -0.4 is 10.2 Å². The van der Waals surface area contributed by atoms with Crippen LogP contribution in [0.4, 0.5) is 5.69 Å². The Morgan fingerprint density at radius 3 is 2.20 bits per heavy atom. The first-order chi connectivity index (χ1) is 21.6. The average molecular weight is 698 g/mol. The Hall–Kier alpha value is -2.81. The Balaban J connectivity index is 0.000000441. The lowest BCUT2D eigenvalue weighted by atomic mass is 10.1. The number of halogens is 4. The number of aromatic nitrogens is 2. The molecule has 1 N–H and O–H groups in total. The predicted octanol–water partition coefficient (Wildman–Crippen LogP) is 9.85. The van der Waals surface area contributed by atoms with Crippen molar-refractivity contribution in [3.05, 3.63) is 89.7 Å². The molecule has 1 aliphatic rings. The summed E-state index contributed by atoms with van der Waals surface area (Å²) in [5.74, 6) is -0.0569. The van der Waals surface area contributed by atoms with Crippen LogP contribution in [0.1, 0.15) is 47.0 Å². The SMILES string of the molecule is C=C/C=C\C(=C)N1CCNCC1.CCC.CCCC.CN(C(=O)C(Cl)Cl)c1ccnc(-c2cc(-c3c(Cl)cccc3Cl)no2)c1. The highest BCUT2D eigenvalue weighted by Gasteiger charge is 2.20. The molecule has 11 heteroatoms. The number of unbranched alkanes of at least 4 members (excludes halogenated alkanes) is 1. The number of hydrogen-bond acceptors (Lipinski definition) is 6. The van der Waals surface area contributed by atoms with Gasteiger partial charge in [-0.15, -0.1) is 0 Å². The summed E-state index contributed by atoms with van der Waals surface area (Å²) in [6.07, 6.45) is 11.1. The fourth-order valence-electron chi connectivity index (χ4n) is 3.53. The van der Waals surface area contributed by atoms with Crippen molar-refractivity contribution in [2.75, 3.05) is 38.1 Å². The molecule has 0 bridgehead atoms. The summed E-state index contributed by atoms with van der Waals surface area (Å²) < 4.78 is 5.37. The van der Waals surface area contributed by atoms with Gasteiger partial charge in [0.2, 0.25) is 0 Å². The Kier molecular flexibility index (Phi) is 20.2. The van der Waals surface area contributed by atoms with Gasteiger partial charge >= 0.3 is 0 Å². The number of allylic oxidation sites excluding steroid dienone is 3. The van der Waals surface area contributed by atoms with Gasteiger partial charge in [0, 0.05) is 62.4 Å². The summed E-state index contributed by atoms with van der Waals surface area (Å²) in [4.78, 5) is 18.6. The van der Waals surface area contributed by atoms with Crippen LogP contribution in [0.3, 0.4) is 0 Å². The monoisotopic (exact) mass is 695 g/mol. The van der Waals surface area contributed by atoms with E-state index in [0.29, 0.717) is 38.4 Å². The van der Waals surface area contributed by atoms with Gasteiger partial charge in [-0.05, 0) is 30.3 Å². The molecule has 0 aliphatic carbocycles. The topological polar surface area (TPSA) is 74.5 Å². The van der Waals surface area contributed by atoms with Crippen LogP contribution in [0.5, 0.6) is 0 Å². The zero-order chi connectivity index (χ0) is 33.8. The first-order valence-corrected chi connectivity index (χ1v) is 16.6. The van der Waals surface area contributed by atoms with Crippen LogP contribution in [0.25, 0.3) is 22.7 Å². The lowest BCUT2D eigenvalue weighted by molar-refractivity contribution is -0.116. The predicted molar refractivity (Wildman–Crippen MR) is 194 cm³/mol. The smallest absolute Gasteiger partial charge is 0.260 e. The number of amides is 1. The quantitative estimate of drug-likeness (QED) is 0.187. The average Bonchev–Trinajstić information content (AvgIpc) is 3.54. The lowest BCUT2D eigenvalue weighted by Crippen LogP contribution is -2.42. The summed E-state index contributed by atoms with van der Waals surface area (Å²) in [6, 6.07) is 10.2. The number of carbonyl (C=O) groups excluding carboxylic acids is 1. The van der Waals surface area contributed by atoms with Crippen molar-refractivity contribution in [2.45, 2.75) is 51.8 Å². The molecule has 0 radical (unpaired) electrons. The molecule has 0 saturated carbocycles. The van der Waals surface area contributed by atoms with Gasteiger partial charge in [-0.1, -0.05) is 130 Å². The van der Waals surface area contributed by atoms with Gasteiger partial charge < -0.3 is 19.6 Å². The fraction of sp³-hybridized carbons (Fsp3) is 0.382. The van der Waals surface area contributed by atoms with Gasteiger partial charge in [-0.2, -0.15) is 0 Å². The number of benzene rings is 1. The van der Waals surface area contributed by atoms with Crippen molar-refractivity contribution in [2.24, 2.45) is 0 Å². The van der Waals surface area contributed by atoms with Gasteiger partial charge in [-0.25, -0.2) is 0 Å². The minimum Gasteiger partial charge on any atom is -0.369 e. The van der Waals surface area contributed by atoms with E-state index in [1.807, 2.05) is 12.2 Å². The van der Waals surface area contributed by atoms with Gasteiger partial charge in [0.1, 0.15) is 11.4 Å². The number of anilines is 1. The fourth-order valence-corrected chi connectivity index (χ4v) is 4.41. The molecule has 2 aromatic heterocycles.